The predicted molar refractivity (Wildman–Crippen MR) is 137 cm³/mol. The summed E-state index contributed by atoms with van der Waals surface area (Å²) in [6, 6.07) is 10.0. The van der Waals surface area contributed by atoms with Crippen molar-refractivity contribution in [1.29, 1.82) is 0 Å². The Morgan fingerprint density at radius 2 is 1.83 bits per heavy atom. The molecule has 1 N–H and O–H groups in total. The second-order valence-electron chi connectivity index (χ2n) is 10.4. The van der Waals surface area contributed by atoms with Gasteiger partial charge in [-0.3, -0.25) is 0 Å². The number of aromatic nitrogens is 2. The van der Waals surface area contributed by atoms with Crippen LogP contribution in [0.25, 0.3) is 16.9 Å². The van der Waals surface area contributed by atoms with Gasteiger partial charge in [-0.2, -0.15) is 0 Å². The van der Waals surface area contributed by atoms with E-state index in [1.165, 1.54) is 25.5 Å². The first-order valence-corrected chi connectivity index (χ1v) is 14.6. The Morgan fingerprint density at radius 3 is 2.49 bits per heavy atom. The Hall–Kier alpha value is -2.29. The summed E-state index contributed by atoms with van der Waals surface area (Å²) in [7, 11) is -3.26. The molecule has 4 heterocycles. The van der Waals surface area contributed by atoms with E-state index in [0.29, 0.717) is 35.4 Å². The number of imidazole rings is 1. The number of hydrogen-bond acceptors (Lipinski definition) is 5. The molecule has 0 saturated carbocycles. The summed E-state index contributed by atoms with van der Waals surface area (Å²) in [6.45, 7) is 6.66. The first-order valence-electron chi connectivity index (χ1n) is 12.7. The van der Waals surface area contributed by atoms with E-state index in [9.17, 15) is 8.42 Å². The number of nitrogens with one attached hydrogen (secondary N) is 1. The Labute approximate surface area is 207 Å². The van der Waals surface area contributed by atoms with E-state index in [1.54, 1.807) is 34.7 Å². The molecule has 2 fully saturated rings. The second-order valence-corrected chi connectivity index (χ2v) is 12.4. The monoisotopic (exact) mass is 498 g/mol. The van der Waals surface area contributed by atoms with Crippen molar-refractivity contribution in [2.24, 2.45) is 0 Å². The molecule has 3 aromatic rings. The molecule has 2 aliphatic heterocycles. The molecular formula is C27H35FN4O2S. The number of sulfone groups is 1. The van der Waals surface area contributed by atoms with Crippen LogP contribution in [0.4, 0.5) is 4.39 Å². The summed E-state index contributed by atoms with van der Waals surface area (Å²) in [5, 5.41) is 3.71. The van der Waals surface area contributed by atoms with Gasteiger partial charge < -0.3 is 14.6 Å². The Balaban J connectivity index is 1.31. The highest BCUT2D eigenvalue weighted by molar-refractivity contribution is 7.90. The maximum Gasteiger partial charge on any atom is 0.175 e. The summed E-state index contributed by atoms with van der Waals surface area (Å²) >= 11 is 0. The van der Waals surface area contributed by atoms with Crippen molar-refractivity contribution in [3.05, 3.63) is 54.1 Å². The minimum Gasteiger partial charge on any atom is -0.311 e. The lowest BCUT2D eigenvalue weighted by molar-refractivity contribution is 0.0983. The zero-order valence-corrected chi connectivity index (χ0v) is 21.6. The standard InChI is InChI=1S/C27H35FN4O2S/c1-4-22-15-23(13-18(2)29-22)31-11-9-19(10-12-31)21-14-25(28)27-30-26(17-32(27)16-21)20-5-7-24(8-6-20)35(3,33)34/h5-8,14,16-19,22-23,29H,4,9-13,15H2,1-3H3. The quantitative estimate of drug-likeness (QED) is 0.555. The van der Waals surface area contributed by atoms with Crippen LogP contribution in [0, 0.1) is 5.82 Å². The van der Waals surface area contributed by atoms with Crippen LogP contribution < -0.4 is 5.32 Å². The number of piperidine rings is 2. The molecule has 5 rings (SSSR count). The first kappa shape index (κ1) is 24.4. The van der Waals surface area contributed by atoms with Crippen molar-refractivity contribution in [3.63, 3.8) is 0 Å². The first-order chi connectivity index (χ1) is 16.7. The van der Waals surface area contributed by atoms with Gasteiger partial charge in [0.1, 0.15) is 0 Å². The zero-order valence-electron chi connectivity index (χ0n) is 20.7. The molecule has 3 atom stereocenters. The van der Waals surface area contributed by atoms with Crippen molar-refractivity contribution >= 4 is 15.5 Å². The molecule has 0 amide bonds. The van der Waals surface area contributed by atoms with Crippen molar-refractivity contribution < 1.29 is 12.8 Å². The lowest BCUT2D eigenvalue weighted by atomic mass is 9.86. The molecule has 2 aliphatic rings. The molecule has 0 spiro atoms. The number of rotatable bonds is 5. The SMILES string of the molecule is CCC1CC(N2CCC(c3cc(F)c4nc(-c5ccc(S(C)(=O)=O)cc5)cn4c3)CC2)CC(C)N1. The number of pyridine rings is 1. The number of hydrogen-bond donors (Lipinski definition) is 1. The summed E-state index contributed by atoms with van der Waals surface area (Å²) < 4.78 is 40.3. The molecule has 0 bridgehead atoms. The maximum atomic E-state index is 15.1. The third-order valence-corrected chi connectivity index (χ3v) is 8.95. The topological polar surface area (TPSA) is 66.7 Å². The fourth-order valence-corrected chi connectivity index (χ4v) is 6.49. The molecule has 6 nitrogen and oxygen atoms in total. The highest BCUT2D eigenvalue weighted by Gasteiger charge is 2.32. The Bertz CT molecular complexity index is 1300. The number of nitrogens with zero attached hydrogens (tertiary/aromatic N) is 3. The van der Waals surface area contributed by atoms with Gasteiger partial charge in [0.25, 0.3) is 0 Å². The fraction of sp³-hybridized carbons (Fsp3) is 0.519. The summed E-state index contributed by atoms with van der Waals surface area (Å²) in [4.78, 5) is 7.39. The van der Waals surface area contributed by atoms with Gasteiger partial charge in [-0.25, -0.2) is 17.8 Å². The zero-order chi connectivity index (χ0) is 24.7. The van der Waals surface area contributed by atoms with E-state index in [1.807, 2.05) is 12.4 Å². The molecule has 3 unspecified atom stereocenters. The predicted octanol–water partition coefficient (Wildman–Crippen LogP) is 4.64. The van der Waals surface area contributed by atoms with Crippen molar-refractivity contribution in [1.82, 2.24) is 19.6 Å². The van der Waals surface area contributed by atoms with Gasteiger partial charge in [-0.15, -0.1) is 0 Å². The average molecular weight is 499 g/mol. The van der Waals surface area contributed by atoms with Crippen molar-refractivity contribution in [2.75, 3.05) is 19.3 Å². The molecule has 1 aromatic carbocycles. The third kappa shape index (κ3) is 5.15. The average Bonchev–Trinajstić information content (AvgIpc) is 3.28. The molecule has 35 heavy (non-hydrogen) atoms. The molecule has 2 saturated heterocycles. The maximum absolute atomic E-state index is 15.1. The second kappa shape index (κ2) is 9.64. The molecule has 2 aromatic heterocycles. The number of likely N-dealkylation sites (tertiary alicyclic amines) is 1. The van der Waals surface area contributed by atoms with Crippen LogP contribution in [0.5, 0.6) is 0 Å². The van der Waals surface area contributed by atoms with E-state index >= 15 is 4.39 Å². The van der Waals surface area contributed by atoms with Crippen molar-refractivity contribution in [3.8, 4) is 11.3 Å². The largest absolute Gasteiger partial charge is 0.311 e. The van der Waals surface area contributed by atoms with E-state index in [-0.39, 0.29) is 10.7 Å². The van der Waals surface area contributed by atoms with Gasteiger partial charge in [0.05, 0.1) is 10.6 Å². The number of fused-ring (bicyclic) bond motifs is 1. The van der Waals surface area contributed by atoms with Crippen LogP contribution in [0.15, 0.2) is 47.6 Å². The van der Waals surface area contributed by atoms with E-state index < -0.39 is 9.84 Å². The van der Waals surface area contributed by atoms with Crippen molar-refractivity contribution in [2.45, 2.75) is 74.9 Å². The summed E-state index contributed by atoms with van der Waals surface area (Å²) in [5.41, 5.74) is 2.71. The van der Waals surface area contributed by atoms with E-state index in [4.69, 9.17) is 0 Å². The lowest BCUT2D eigenvalue weighted by Crippen LogP contribution is -2.53. The Kier molecular flexibility index (Phi) is 6.72. The smallest absolute Gasteiger partial charge is 0.175 e. The third-order valence-electron chi connectivity index (χ3n) is 7.82. The Morgan fingerprint density at radius 1 is 1.11 bits per heavy atom. The molecule has 188 valence electrons. The highest BCUT2D eigenvalue weighted by atomic mass is 32.2. The van der Waals surface area contributed by atoms with Gasteiger partial charge >= 0.3 is 0 Å². The normalized spacial score (nSPS) is 24.7. The van der Waals surface area contributed by atoms with Crippen LogP contribution >= 0.6 is 0 Å². The van der Waals surface area contributed by atoms with Gasteiger partial charge in [-0.05, 0) is 81.8 Å². The van der Waals surface area contributed by atoms with Crippen LogP contribution in [0.3, 0.4) is 0 Å². The van der Waals surface area contributed by atoms with E-state index in [0.717, 1.165) is 37.1 Å². The fourth-order valence-electron chi connectivity index (χ4n) is 5.86. The van der Waals surface area contributed by atoms with Crippen LogP contribution in [-0.4, -0.2) is 60.2 Å². The summed E-state index contributed by atoms with van der Waals surface area (Å²) in [6.07, 6.45) is 10.7. The van der Waals surface area contributed by atoms with Crippen LogP contribution in [0.2, 0.25) is 0 Å². The van der Waals surface area contributed by atoms with Gasteiger partial charge in [0.2, 0.25) is 0 Å². The van der Waals surface area contributed by atoms with Gasteiger partial charge in [0.15, 0.2) is 21.3 Å². The molecule has 8 heteroatoms. The molecule has 0 radical (unpaired) electrons. The minimum absolute atomic E-state index is 0.258. The lowest BCUT2D eigenvalue weighted by Gasteiger charge is -2.43. The van der Waals surface area contributed by atoms with Crippen LogP contribution in [-0.2, 0) is 9.84 Å². The molecule has 0 aliphatic carbocycles. The van der Waals surface area contributed by atoms with Crippen LogP contribution in [0.1, 0.15) is 57.4 Å². The highest BCUT2D eigenvalue weighted by Crippen LogP contribution is 2.33. The number of halogens is 1. The van der Waals surface area contributed by atoms with Gasteiger partial charge in [0, 0.05) is 42.3 Å². The summed E-state index contributed by atoms with van der Waals surface area (Å²) in [5.74, 6) is 0.0214. The van der Waals surface area contributed by atoms with E-state index in [2.05, 4.69) is 29.0 Å². The molecular weight excluding hydrogens is 463 g/mol. The minimum atomic E-state index is -3.26. The number of benzene rings is 1. The van der Waals surface area contributed by atoms with Gasteiger partial charge in [-0.1, -0.05) is 19.1 Å².